The molecule has 1 aliphatic rings. The van der Waals surface area contributed by atoms with E-state index in [-0.39, 0.29) is 11.6 Å². The molecule has 0 aliphatic carbocycles. The van der Waals surface area contributed by atoms with Crippen molar-refractivity contribution in [3.63, 3.8) is 0 Å². The predicted octanol–water partition coefficient (Wildman–Crippen LogP) is 1.22. The molecule has 0 bridgehead atoms. The van der Waals surface area contributed by atoms with Gasteiger partial charge in [-0.25, -0.2) is 8.42 Å². The summed E-state index contributed by atoms with van der Waals surface area (Å²) in [6.07, 6.45) is -3.13. The van der Waals surface area contributed by atoms with Crippen LogP contribution in [0, 0.1) is 0 Å². The number of sulfone groups is 1. The van der Waals surface area contributed by atoms with E-state index in [0.717, 1.165) is 17.5 Å². The van der Waals surface area contributed by atoms with Crippen molar-refractivity contribution in [3.8, 4) is 0 Å². The lowest BCUT2D eigenvalue weighted by Gasteiger charge is -2.10. The van der Waals surface area contributed by atoms with Crippen molar-refractivity contribution in [3.05, 3.63) is 29.3 Å². The number of aromatic nitrogens is 2. The highest BCUT2D eigenvalue weighted by Crippen LogP contribution is 2.27. The number of nitrogens with zero attached hydrogens (tertiary/aromatic N) is 2. The highest BCUT2D eigenvalue weighted by atomic mass is 32.2. The lowest BCUT2D eigenvalue weighted by molar-refractivity contribution is -0.141. The number of nitrogens with one attached hydrogen (secondary N) is 1. The lowest BCUT2D eigenvalue weighted by atomic mass is 10.3. The summed E-state index contributed by atoms with van der Waals surface area (Å²) in [5.41, 5.74) is -1.09. The zero-order chi connectivity index (χ0) is 13.4. The zero-order valence-corrected chi connectivity index (χ0v) is 9.66. The summed E-state index contributed by atoms with van der Waals surface area (Å²) in [5, 5.41) is 10.1. The van der Waals surface area contributed by atoms with Crippen LogP contribution < -0.4 is 5.32 Å². The first-order valence-electron chi connectivity index (χ1n) is 4.85. The molecule has 1 aromatic rings. The standard InChI is InChI=1S/C9H8F3N3O2S/c10-9(11,12)7-1-2-8(15-14-7)13-6-3-4-18(16,17)5-6/h1-4,6H,5H2,(H,13,15). The third-order valence-electron chi connectivity index (χ3n) is 2.22. The van der Waals surface area contributed by atoms with E-state index in [1.807, 2.05) is 0 Å². The van der Waals surface area contributed by atoms with E-state index in [0.29, 0.717) is 0 Å². The largest absolute Gasteiger partial charge is 0.435 e. The molecule has 2 heterocycles. The van der Waals surface area contributed by atoms with Crippen LogP contribution in [0.3, 0.4) is 0 Å². The predicted molar refractivity (Wildman–Crippen MR) is 57.4 cm³/mol. The molecular formula is C9H8F3N3O2S. The van der Waals surface area contributed by atoms with Crippen molar-refractivity contribution < 1.29 is 21.6 Å². The zero-order valence-electron chi connectivity index (χ0n) is 8.85. The van der Waals surface area contributed by atoms with Crippen LogP contribution in [-0.4, -0.2) is 30.4 Å². The van der Waals surface area contributed by atoms with Gasteiger partial charge in [-0.3, -0.25) is 0 Å². The maximum atomic E-state index is 12.2. The van der Waals surface area contributed by atoms with Crippen LogP contribution in [0.25, 0.3) is 0 Å². The fourth-order valence-corrected chi connectivity index (χ4v) is 2.65. The van der Waals surface area contributed by atoms with Gasteiger partial charge in [-0.15, -0.1) is 10.2 Å². The van der Waals surface area contributed by atoms with Crippen molar-refractivity contribution in [2.24, 2.45) is 0 Å². The van der Waals surface area contributed by atoms with Crippen LogP contribution in [-0.2, 0) is 16.0 Å². The molecule has 1 unspecified atom stereocenters. The molecule has 0 saturated carbocycles. The van der Waals surface area contributed by atoms with E-state index in [2.05, 4.69) is 15.5 Å². The van der Waals surface area contributed by atoms with Gasteiger partial charge in [0.2, 0.25) is 0 Å². The third kappa shape index (κ3) is 2.97. The maximum absolute atomic E-state index is 12.2. The average molecular weight is 279 g/mol. The van der Waals surface area contributed by atoms with E-state index < -0.39 is 27.7 Å². The topological polar surface area (TPSA) is 72.0 Å². The molecule has 0 saturated heterocycles. The summed E-state index contributed by atoms with van der Waals surface area (Å²) in [6.45, 7) is 0. The van der Waals surface area contributed by atoms with Gasteiger partial charge in [-0.05, 0) is 18.2 Å². The van der Waals surface area contributed by atoms with E-state index in [9.17, 15) is 21.6 Å². The van der Waals surface area contributed by atoms with Crippen molar-refractivity contribution in [2.75, 3.05) is 11.1 Å². The van der Waals surface area contributed by atoms with Gasteiger partial charge in [0.25, 0.3) is 0 Å². The smallest absolute Gasteiger partial charge is 0.361 e. The Morgan fingerprint density at radius 2 is 2.00 bits per heavy atom. The summed E-state index contributed by atoms with van der Waals surface area (Å²) < 4.78 is 58.8. The highest BCUT2D eigenvalue weighted by Gasteiger charge is 2.33. The molecule has 1 aromatic heterocycles. The summed E-state index contributed by atoms with van der Waals surface area (Å²) in [4.78, 5) is 0. The Bertz CT molecular complexity index is 566. The minimum Gasteiger partial charge on any atom is -0.361 e. The molecule has 0 fully saturated rings. The van der Waals surface area contributed by atoms with Gasteiger partial charge in [-0.1, -0.05) is 0 Å². The fraction of sp³-hybridized carbons (Fsp3) is 0.333. The molecule has 1 atom stereocenters. The van der Waals surface area contributed by atoms with E-state index in [1.165, 1.54) is 6.08 Å². The molecule has 5 nitrogen and oxygen atoms in total. The molecule has 98 valence electrons. The lowest BCUT2D eigenvalue weighted by Crippen LogP contribution is -2.22. The first kappa shape index (κ1) is 12.8. The number of hydrogen-bond acceptors (Lipinski definition) is 5. The monoisotopic (exact) mass is 279 g/mol. The van der Waals surface area contributed by atoms with Gasteiger partial charge in [0.15, 0.2) is 15.5 Å². The van der Waals surface area contributed by atoms with E-state index >= 15 is 0 Å². The maximum Gasteiger partial charge on any atom is 0.435 e. The Morgan fingerprint density at radius 1 is 1.28 bits per heavy atom. The van der Waals surface area contributed by atoms with Gasteiger partial charge in [0.1, 0.15) is 5.82 Å². The summed E-state index contributed by atoms with van der Waals surface area (Å²) >= 11 is 0. The number of hydrogen-bond donors (Lipinski definition) is 1. The van der Waals surface area contributed by atoms with Crippen molar-refractivity contribution >= 4 is 15.7 Å². The third-order valence-corrected chi connectivity index (χ3v) is 3.61. The fourth-order valence-electron chi connectivity index (χ4n) is 1.42. The molecule has 1 N–H and O–H groups in total. The molecule has 0 amide bonds. The Kier molecular flexibility index (Phi) is 3.01. The summed E-state index contributed by atoms with van der Waals surface area (Å²) in [7, 11) is -3.22. The van der Waals surface area contributed by atoms with Gasteiger partial charge in [0.05, 0.1) is 11.8 Å². The number of halogens is 3. The van der Waals surface area contributed by atoms with Gasteiger partial charge < -0.3 is 5.32 Å². The van der Waals surface area contributed by atoms with Crippen molar-refractivity contribution in [2.45, 2.75) is 12.2 Å². The summed E-state index contributed by atoms with van der Waals surface area (Å²) in [5.74, 6) is -0.0508. The number of alkyl halides is 3. The Morgan fingerprint density at radius 3 is 2.44 bits per heavy atom. The van der Waals surface area contributed by atoms with Crippen molar-refractivity contribution in [1.29, 1.82) is 0 Å². The van der Waals surface area contributed by atoms with E-state index in [1.54, 1.807) is 0 Å². The minimum atomic E-state index is -4.54. The molecule has 0 spiro atoms. The normalized spacial score (nSPS) is 22.1. The number of rotatable bonds is 2. The number of anilines is 1. The second-order valence-electron chi connectivity index (χ2n) is 3.71. The quantitative estimate of drug-likeness (QED) is 0.881. The second kappa shape index (κ2) is 4.23. The average Bonchev–Trinajstić information content (AvgIpc) is 2.57. The SMILES string of the molecule is O=S1(=O)C=CC(Nc2ccc(C(F)(F)F)nn2)C1. The van der Waals surface area contributed by atoms with E-state index in [4.69, 9.17) is 0 Å². The Hall–Kier alpha value is -1.64. The van der Waals surface area contributed by atoms with Gasteiger partial charge in [0, 0.05) is 5.41 Å². The molecule has 1 aliphatic heterocycles. The first-order chi connectivity index (χ1) is 8.26. The van der Waals surface area contributed by atoms with Crippen molar-refractivity contribution in [1.82, 2.24) is 10.2 Å². The van der Waals surface area contributed by atoms with Crippen LogP contribution >= 0.6 is 0 Å². The van der Waals surface area contributed by atoms with Gasteiger partial charge in [-0.2, -0.15) is 13.2 Å². The van der Waals surface area contributed by atoms with Crippen LogP contribution in [0.15, 0.2) is 23.6 Å². The molecule has 0 radical (unpaired) electrons. The summed E-state index contributed by atoms with van der Waals surface area (Å²) in [6, 6.07) is 1.39. The minimum absolute atomic E-state index is 0.0924. The molecule has 18 heavy (non-hydrogen) atoms. The highest BCUT2D eigenvalue weighted by molar-refractivity contribution is 7.94. The molecule has 0 aromatic carbocycles. The molecule has 9 heteroatoms. The van der Waals surface area contributed by atoms with Crippen LogP contribution in [0.5, 0.6) is 0 Å². The van der Waals surface area contributed by atoms with Crippen LogP contribution in [0.1, 0.15) is 5.69 Å². The molecule has 2 rings (SSSR count). The Balaban J connectivity index is 2.06. The second-order valence-corrected chi connectivity index (χ2v) is 5.64. The van der Waals surface area contributed by atoms with Crippen LogP contribution in [0.4, 0.5) is 19.0 Å². The Labute approximate surface area is 101 Å². The first-order valence-corrected chi connectivity index (χ1v) is 6.56. The van der Waals surface area contributed by atoms with Crippen LogP contribution in [0.2, 0.25) is 0 Å². The van der Waals surface area contributed by atoms with Gasteiger partial charge >= 0.3 is 6.18 Å². The molecular weight excluding hydrogens is 271 g/mol.